The monoisotopic (exact) mass is 274 g/mol. The van der Waals surface area contributed by atoms with E-state index in [9.17, 15) is 19.3 Å². The Hall–Kier alpha value is -2.19. The number of ether oxygens (including phenoxy) is 1. The maximum Gasteiger partial charge on any atom is 0.413 e. The number of nitro groups is 1. The number of aryl methyl sites for hydroxylation is 1. The number of carbonyl (C=O) groups is 1. The molecule has 0 atom stereocenters. The molecule has 0 spiro atoms. The van der Waals surface area contributed by atoms with Crippen LogP contribution in [0.1, 0.15) is 20.8 Å². The Morgan fingerprint density at radius 1 is 1.63 bits per heavy atom. The van der Waals surface area contributed by atoms with E-state index < -0.39 is 29.1 Å². The third-order valence-corrected chi connectivity index (χ3v) is 1.86. The molecular weight excluding hydrogens is 259 g/mol. The zero-order chi connectivity index (χ0) is 14.6. The number of nitrogens with zero attached hydrogens (tertiary/aromatic N) is 3. The van der Waals surface area contributed by atoms with Gasteiger partial charge in [-0.05, 0) is 25.7 Å². The molecule has 1 aromatic heterocycles. The summed E-state index contributed by atoms with van der Waals surface area (Å²) in [6, 6.07) is 0. The van der Waals surface area contributed by atoms with E-state index in [0.29, 0.717) is 0 Å². The van der Waals surface area contributed by atoms with Crippen LogP contribution in [-0.4, -0.2) is 33.1 Å². The van der Waals surface area contributed by atoms with E-state index in [-0.39, 0.29) is 12.2 Å². The van der Waals surface area contributed by atoms with Crippen molar-refractivity contribution >= 4 is 17.6 Å². The Morgan fingerprint density at radius 2 is 2.26 bits per heavy atom. The molecular formula is C10H15FN4O4. The Labute approximate surface area is 108 Å². The molecule has 19 heavy (non-hydrogen) atoms. The average Bonchev–Trinajstić information content (AvgIpc) is 2.58. The van der Waals surface area contributed by atoms with Gasteiger partial charge in [0.05, 0.1) is 17.8 Å². The lowest BCUT2D eigenvalue weighted by molar-refractivity contribution is -0.388. The van der Waals surface area contributed by atoms with Crippen LogP contribution in [0.3, 0.4) is 0 Å². The van der Waals surface area contributed by atoms with Crippen LogP contribution in [-0.2, 0) is 11.3 Å². The van der Waals surface area contributed by atoms with Crippen molar-refractivity contribution in [3.63, 3.8) is 0 Å². The summed E-state index contributed by atoms with van der Waals surface area (Å²) in [4.78, 5) is 21.5. The van der Waals surface area contributed by atoms with Gasteiger partial charge in [-0.15, -0.1) is 0 Å². The van der Waals surface area contributed by atoms with Crippen molar-refractivity contribution in [1.82, 2.24) is 9.78 Å². The number of rotatable bonds is 4. The quantitative estimate of drug-likeness (QED) is 0.669. The second-order valence-corrected chi connectivity index (χ2v) is 4.70. The van der Waals surface area contributed by atoms with Crippen LogP contribution in [0.2, 0.25) is 0 Å². The Morgan fingerprint density at radius 3 is 2.74 bits per heavy atom. The highest BCUT2D eigenvalue weighted by Gasteiger charge is 2.24. The number of hydrogen-bond acceptors (Lipinski definition) is 5. The summed E-state index contributed by atoms with van der Waals surface area (Å²) < 4.78 is 18.2. The number of amides is 1. The van der Waals surface area contributed by atoms with Crippen LogP contribution in [0.5, 0.6) is 0 Å². The topological polar surface area (TPSA) is 99.3 Å². The summed E-state index contributed by atoms with van der Waals surface area (Å²) >= 11 is 0. The molecule has 0 aliphatic carbocycles. The van der Waals surface area contributed by atoms with Crippen molar-refractivity contribution in [3.8, 4) is 0 Å². The van der Waals surface area contributed by atoms with Gasteiger partial charge >= 0.3 is 11.9 Å². The standard InChI is InChI=1S/C10H15FN4O4/c1-10(2,3)19-9(16)12-7-6-14(5-4-11)13-8(7)15(17)18/h6H,4-5H2,1-3H3,(H,12,16). The molecule has 0 saturated carbocycles. The van der Waals surface area contributed by atoms with Crippen molar-refractivity contribution in [2.75, 3.05) is 12.0 Å². The summed E-state index contributed by atoms with van der Waals surface area (Å²) in [6.07, 6.45) is 0.345. The van der Waals surface area contributed by atoms with E-state index in [2.05, 4.69) is 10.4 Å². The van der Waals surface area contributed by atoms with Crippen molar-refractivity contribution in [3.05, 3.63) is 16.3 Å². The average molecular weight is 274 g/mol. The van der Waals surface area contributed by atoms with Crippen molar-refractivity contribution in [2.24, 2.45) is 0 Å². The fourth-order valence-corrected chi connectivity index (χ4v) is 1.25. The number of alkyl halides is 1. The Balaban J connectivity index is 2.87. The Kier molecular flexibility index (Phi) is 4.41. The summed E-state index contributed by atoms with van der Waals surface area (Å²) in [7, 11) is 0. The van der Waals surface area contributed by atoms with Crippen molar-refractivity contribution < 1.29 is 18.8 Å². The highest BCUT2D eigenvalue weighted by molar-refractivity contribution is 5.87. The minimum atomic E-state index is -0.838. The van der Waals surface area contributed by atoms with Crippen LogP contribution < -0.4 is 5.32 Å². The van der Waals surface area contributed by atoms with Crippen molar-refractivity contribution in [1.29, 1.82) is 0 Å². The first kappa shape index (κ1) is 14.9. The third kappa shape index (κ3) is 4.53. The fraction of sp³-hybridized carbons (Fsp3) is 0.600. The summed E-state index contributed by atoms with van der Waals surface area (Å²) in [5.74, 6) is -0.556. The molecule has 0 unspecified atom stereocenters. The van der Waals surface area contributed by atoms with Crippen LogP contribution in [0.15, 0.2) is 6.20 Å². The molecule has 8 nitrogen and oxygen atoms in total. The van der Waals surface area contributed by atoms with E-state index in [1.54, 1.807) is 20.8 Å². The normalized spacial score (nSPS) is 11.2. The van der Waals surface area contributed by atoms with Gasteiger partial charge in [-0.1, -0.05) is 0 Å². The number of nitrogens with one attached hydrogen (secondary N) is 1. The molecule has 0 fully saturated rings. The fourth-order valence-electron chi connectivity index (χ4n) is 1.25. The second-order valence-electron chi connectivity index (χ2n) is 4.70. The number of aromatic nitrogens is 2. The molecule has 1 aromatic rings. The maximum absolute atomic E-state index is 12.2. The number of hydrogen-bond donors (Lipinski definition) is 1. The summed E-state index contributed by atoms with van der Waals surface area (Å²) in [5.41, 5.74) is -0.860. The smallest absolute Gasteiger partial charge is 0.413 e. The van der Waals surface area contributed by atoms with E-state index in [0.717, 1.165) is 4.68 Å². The molecule has 1 amide bonds. The van der Waals surface area contributed by atoms with Gasteiger partial charge in [0.25, 0.3) is 0 Å². The second kappa shape index (κ2) is 5.63. The van der Waals surface area contributed by atoms with Gasteiger partial charge in [0.2, 0.25) is 0 Å². The first-order chi connectivity index (χ1) is 8.73. The molecule has 0 aromatic carbocycles. The maximum atomic E-state index is 12.2. The van der Waals surface area contributed by atoms with Crippen LogP contribution in [0.4, 0.5) is 20.7 Å². The number of halogens is 1. The predicted molar refractivity (Wildman–Crippen MR) is 64.7 cm³/mol. The molecule has 9 heteroatoms. The van der Waals surface area contributed by atoms with Gasteiger partial charge in [-0.25, -0.2) is 9.18 Å². The van der Waals surface area contributed by atoms with E-state index >= 15 is 0 Å². The van der Waals surface area contributed by atoms with Gasteiger partial charge in [-0.2, -0.15) is 4.68 Å². The molecule has 1 heterocycles. The minimum absolute atomic E-state index is 0.128. The lowest BCUT2D eigenvalue weighted by Crippen LogP contribution is -2.27. The van der Waals surface area contributed by atoms with Gasteiger partial charge in [0.15, 0.2) is 5.69 Å². The van der Waals surface area contributed by atoms with Crippen LogP contribution in [0, 0.1) is 10.1 Å². The molecule has 0 bridgehead atoms. The zero-order valence-corrected chi connectivity index (χ0v) is 10.8. The van der Waals surface area contributed by atoms with Crippen LogP contribution >= 0.6 is 0 Å². The van der Waals surface area contributed by atoms with Gasteiger partial charge < -0.3 is 14.9 Å². The Bertz CT molecular complexity index is 480. The first-order valence-corrected chi connectivity index (χ1v) is 5.51. The number of anilines is 1. The predicted octanol–water partition coefficient (Wildman–Crippen LogP) is 2.11. The highest BCUT2D eigenvalue weighted by atomic mass is 19.1. The molecule has 1 N–H and O–H groups in total. The molecule has 106 valence electrons. The minimum Gasteiger partial charge on any atom is -0.444 e. The zero-order valence-electron chi connectivity index (χ0n) is 10.8. The lowest BCUT2D eigenvalue weighted by atomic mass is 10.2. The van der Waals surface area contributed by atoms with Crippen molar-refractivity contribution in [2.45, 2.75) is 32.9 Å². The summed E-state index contributed by atoms with van der Waals surface area (Å²) in [5, 5.41) is 16.5. The third-order valence-electron chi connectivity index (χ3n) is 1.86. The first-order valence-electron chi connectivity index (χ1n) is 5.51. The van der Waals surface area contributed by atoms with Gasteiger partial charge in [0, 0.05) is 0 Å². The van der Waals surface area contributed by atoms with E-state index in [1.165, 1.54) is 6.20 Å². The lowest BCUT2D eigenvalue weighted by Gasteiger charge is -2.19. The van der Waals surface area contributed by atoms with Gasteiger partial charge in [0.1, 0.15) is 12.3 Å². The van der Waals surface area contributed by atoms with E-state index in [4.69, 9.17) is 4.74 Å². The molecule has 0 aliphatic rings. The molecule has 0 saturated heterocycles. The largest absolute Gasteiger partial charge is 0.444 e. The van der Waals surface area contributed by atoms with Gasteiger partial charge in [-0.3, -0.25) is 5.32 Å². The SMILES string of the molecule is CC(C)(C)OC(=O)Nc1cn(CCF)nc1[N+](=O)[O-]. The highest BCUT2D eigenvalue weighted by Crippen LogP contribution is 2.22. The van der Waals surface area contributed by atoms with Crippen LogP contribution in [0.25, 0.3) is 0 Å². The molecule has 0 aliphatic heterocycles. The molecule has 0 radical (unpaired) electrons. The van der Waals surface area contributed by atoms with E-state index in [1.807, 2.05) is 0 Å². The summed E-state index contributed by atoms with van der Waals surface area (Å²) in [6.45, 7) is 4.14. The molecule has 1 rings (SSSR count). The number of carbonyl (C=O) groups excluding carboxylic acids is 1.